The summed E-state index contributed by atoms with van der Waals surface area (Å²) in [5, 5.41) is 12.1. The Morgan fingerprint density at radius 1 is 1.19 bits per heavy atom. The molecule has 7 nitrogen and oxygen atoms in total. The Morgan fingerprint density at radius 2 is 1.89 bits per heavy atom. The molecule has 2 N–H and O–H groups in total. The maximum atomic E-state index is 12.8. The molecule has 3 rings (SSSR count). The number of barbiturate groups is 1. The SMILES string of the molecule is CCOc1cc(/C=C2\C(=O)NC(=O)N(c3ccccc3)C2=O)cc(Cl)c1O. The topological polar surface area (TPSA) is 95.9 Å². The van der Waals surface area contributed by atoms with E-state index in [-0.39, 0.29) is 22.1 Å². The summed E-state index contributed by atoms with van der Waals surface area (Å²) in [7, 11) is 0. The number of nitrogens with one attached hydrogen (secondary N) is 1. The van der Waals surface area contributed by atoms with Gasteiger partial charge in [-0.25, -0.2) is 9.69 Å². The van der Waals surface area contributed by atoms with Crippen molar-refractivity contribution in [1.82, 2.24) is 5.32 Å². The first-order valence-electron chi connectivity index (χ1n) is 8.04. The number of carbonyl (C=O) groups excluding carboxylic acids is 3. The molecular formula is C19H15ClN2O5. The van der Waals surface area contributed by atoms with Crippen LogP contribution in [0.25, 0.3) is 6.08 Å². The fourth-order valence-electron chi connectivity index (χ4n) is 2.58. The fourth-order valence-corrected chi connectivity index (χ4v) is 2.80. The van der Waals surface area contributed by atoms with Gasteiger partial charge in [-0.05, 0) is 42.8 Å². The summed E-state index contributed by atoms with van der Waals surface area (Å²) in [5.41, 5.74) is 0.446. The van der Waals surface area contributed by atoms with Crippen LogP contribution in [0.1, 0.15) is 12.5 Å². The smallest absolute Gasteiger partial charge is 0.335 e. The van der Waals surface area contributed by atoms with E-state index in [0.29, 0.717) is 17.9 Å². The van der Waals surface area contributed by atoms with Crippen LogP contribution in [0.15, 0.2) is 48.0 Å². The van der Waals surface area contributed by atoms with Crippen LogP contribution in [-0.2, 0) is 9.59 Å². The molecular weight excluding hydrogens is 372 g/mol. The molecule has 0 unspecified atom stereocenters. The Kier molecular flexibility index (Phi) is 5.14. The van der Waals surface area contributed by atoms with Crippen LogP contribution in [0.5, 0.6) is 11.5 Å². The van der Waals surface area contributed by atoms with Gasteiger partial charge in [0.15, 0.2) is 11.5 Å². The standard InChI is InChI=1S/C19H15ClN2O5/c1-2-27-15-10-11(9-14(20)16(15)23)8-13-17(24)21-19(26)22(18(13)25)12-6-4-3-5-7-12/h3-10,23H,2H2,1H3,(H,21,24,26)/b13-8+. The molecule has 0 radical (unpaired) electrons. The minimum Gasteiger partial charge on any atom is -0.503 e. The lowest BCUT2D eigenvalue weighted by atomic mass is 10.1. The number of imide groups is 2. The summed E-state index contributed by atoms with van der Waals surface area (Å²) >= 11 is 5.98. The largest absolute Gasteiger partial charge is 0.503 e. The maximum Gasteiger partial charge on any atom is 0.335 e. The zero-order valence-electron chi connectivity index (χ0n) is 14.2. The molecule has 138 valence electrons. The minimum absolute atomic E-state index is 0.00691. The fraction of sp³-hybridized carbons (Fsp3) is 0.105. The minimum atomic E-state index is -0.827. The number of carbonyl (C=O) groups is 3. The molecule has 2 aromatic rings. The highest BCUT2D eigenvalue weighted by Crippen LogP contribution is 2.36. The number of nitrogens with zero attached hydrogens (tertiary/aromatic N) is 1. The van der Waals surface area contributed by atoms with Gasteiger partial charge < -0.3 is 9.84 Å². The number of halogens is 1. The van der Waals surface area contributed by atoms with Crippen LogP contribution in [0, 0.1) is 0 Å². The van der Waals surface area contributed by atoms with Crippen LogP contribution in [0.4, 0.5) is 10.5 Å². The Hall–Kier alpha value is -3.32. The molecule has 0 atom stereocenters. The molecule has 2 aromatic carbocycles. The summed E-state index contributed by atoms with van der Waals surface area (Å²) in [4.78, 5) is 38.0. The molecule has 4 amide bonds. The van der Waals surface area contributed by atoms with E-state index in [1.54, 1.807) is 37.3 Å². The van der Waals surface area contributed by atoms with Gasteiger partial charge in [0, 0.05) is 0 Å². The molecule has 1 aliphatic heterocycles. The maximum absolute atomic E-state index is 12.8. The summed E-state index contributed by atoms with van der Waals surface area (Å²) in [6.07, 6.45) is 1.29. The molecule has 0 aromatic heterocycles. The van der Waals surface area contributed by atoms with Gasteiger partial charge in [-0.2, -0.15) is 0 Å². The first-order valence-corrected chi connectivity index (χ1v) is 8.42. The molecule has 1 heterocycles. The number of rotatable bonds is 4. The monoisotopic (exact) mass is 386 g/mol. The van der Waals surface area contributed by atoms with Gasteiger partial charge in [0.05, 0.1) is 17.3 Å². The van der Waals surface area contributed by atoms with Crippen LogP contribution in [-0.4, -0.2) is 29.6 Å². The molecule has 0 aliphatic carbocycles. The van der Waals surface area contributed by atoms with Gasteiger partial charge in [-0.15, -0.1) is 0 Å². The number of ether oxygens (including phenoxy) is 1. The van der Waals surface area contributed by atoms with Crippen molar-refractivity contribution in [1.29, 1.82) is 0 Å². The zero-order valence-corrected chi connectivity index (χ0v) is 15.0. The number of para-hydroxylation sites is 1. The third-order valence-corrected chi connectivity index (χ3v) is 4.07. The summed E-state index contributed by atoms with van der Waals surface area (Å²) < 4.78 is 5.29. The van der Waals surface area contributed by atoms with Crippen molar-refractivity contribution in [2.24, 2.45) is 0 Å². The second kappa shape index (κ2) is 7.51. The molecule has 1 saturated heterocycles. The number of urea groups is 1. The molecule has 0 bridgehead atoms. The van der Waals surface area contributed by atoms with Gasteiger partial charge in [0.1, 0.15) is 5.57 Å². The third-order valence-electron chi connectivity index (χ3n) is 3.78. The highest BCUT2D eigenvalue weighted by molar-refractivity contribution is 6.39. The van der Waals surface area contributed by atoms with Gasteiger partial charge >= 0.3 is 6.03 Å². The summed E-state index contributed by atoms with van der Waals surface area (Å²) in [6, 6.07) is 10.2. The molecule has 27 heavy (non-hydrogen) atoms. The van der Waals surface area contributed by atoms with E-state index in [2.05, 4.69) is 5.32 Å². The van der Waals surface area contributed by atoms with Crippen molar-refractivity contribution in [2.75, 3.05) is 11.5 Å². The van der Waals surface area contributed by atoms with Crippen molar-refractivity contribution in [3.05, 3.63) is 58.6 Å². The molecule has 0 saturated carbocycles. The number of aromatic hydroxyl groups is 1. The highest BCUT2D eigenvalue weighted by Gasteiger charge is 2.36. The Labute approximate surface area is 159 Å². The quantitative estimate of drug-likeness (QED) is 0.621. The molecule has 8 heteroatoms. The van der Waals surface area contributed by atoms with Gasteiger partial charge in [-0.3, -0.25) is 14.9 Å². The van der Waals surface area contributed by atoms with Crippen LogP contribution < -0.4 is 15.0 Å². The van der Waals surface area contributed by atoms with Crippen molar-refractivity contribution in [2.45, 2.75) is 6.92 Å². The first-order chi connectivity index (χ1) is 12.9. The Morgan fingerprint density at radius 3 is 2.56 bits per heavy atom. The number of phenols is 1. The van der Waals surface area contributed by atoms with E-state index in [1.807, 2.05) is 0 Å². The van der Waals surface area contributed by atoms with E-state index in [4.69, 9.17) is 16.3 Å². The normalized spacial score (nSPS) is 15.9. The lowest BCUT2D eigenvalue weighted by molar-refractivity contribution is -0.122. The number of hydrogen-bond acceptors (Lipinski definition) is 5. The second-order valence-electron chi connectivity index (χ2n) is 5.58. The number of hydrogen-bond donors (Lipinski definition) is 2. The first kappa shape index (κ1) is 18.5. The van der Waals surface area contributed by atoms with Crippen molar-refractivity contribution < 1.29 is 24.2 Å². The lowest BCUT2D eigenvalue weighted by Gasteiger charge is -2.26. The van der Waals surface area contributed by atoms with Gasteiger partial charge in [0.25, 0.3) is 11.8 Å². The van der Waals surface area contributed by atoms with E-state index in [1.165, 1.54) is 18.2 Å². The van der Waals surface area contributed by atoms with Crippen molar-refractivity contribution in [3.8, 4) is 11.5 Å². The molecule has 1 aliphatic rings. The predicted octanol–water partition coefficient (Wildman–Crippen LogP) is 3.11. The summed E-state index contributed by atoms with van der Waals surface area (Å²) in [6.45, 7) is 2.03. The lowest BCUT2D eigenvalue weighted by Crippen LogP contribution is -2.54. The number of anilines is 1. The number of amides is 4. The van der Waals surface area contributed by atoms with Crippen LogP contribution >= 0.6 is 11.6 Å². The third kappa shape index (κ3) is 3.63. The van der Waals surface area contributed by atoms with E-state index < -0.39 is 17.8 Å². The number of phenolic OH excluding ortho intramolecular Hbond substituents is 1. The van der Waals surface area contributed by atoms with E-state index >= 15 is 0 Å². The average Bonchev–Trinajstić information content (AvgIpc) is 2.63. The van der Waals surface area contributed by atoms with E-state index in [9.17, 15) is 19.5 Å². The molecule has 1 fully saturated rings. The van der Waals surface area contributed by atoms with Crippen LogP contribution in [0.2, 0.25) is 5.02 Å². The van der Waals surface area contributed by atoms with Gasteiger partial charge in [-0.1, -0.05) is 29.8 Å². The average molecular weight is 387 g/mol. The summed E-state index contributed by atoms with van der Waals surface area (Å²) in [5.74, 6) is -1.70. The van der Waals surface area contributed by atoms with Crippen molar-refractivity contribution in [3.63, 3.8) is 0 Å². The Bertz CT molecular complexity index is 956. The van der Waals surface area contributed by atoms with Gasteiger partial charge in [0.2, 0.25) is 0 Å². The second-order valence-corrected chi connectivity index (χ2v) is 5.98. The number of benzene rings is 2. The van der Waals surface area contributed by atoms with E-state index in [0.717, 1.165) is 4.90 Å². The van der Waals surface area contributed by atoms with Crippen molar-refractivity contribution >= 4 is 41.2 Å². The Balaban J connectivity index is 2.03. The highest BCUT2D eigenvalue weighted by atomic mass is 35.5. The zero-order chi connectivity index (χ0) is 19.6. The van der Waals surface area contributed by atoms with Crippen LogP contribution in [0.3, 0.4) is 0 Å². The predicted molar refractivity (Wildman–Crippen MR) is 99.7 cm³/mol. The molecule has 0 spiro atoms.